The van der Waals surface area contributed by atoms with Crippen LogP contribution in [0.3, 0.4) is 0 Å². The maximum atomic E-state index is 5.72. The summed E-state index contributed by atoms with van der Waals surface area (Å²) in [7, 11) is 0. The molecule has 1 saturated carbocycles. The summed E-state index contributed by atoms with van der Waals surface area (Å²) in [6, 6.07) is 0.730. The van der Waals surface area contributed by atoms with Gasteiger partial charge in [-0.15, -0.1) is 0 Å². The van der Waals surface area contributed by atoms with Gasteiger partial charge in [-0.1, -0.05) is 0 Å². The van der Waals surface area contributed by atoms with E-state index >= 15 is 0 Å². The SMILES string of the molecule is CC(C)N1CCC(CCOC2CC2)CC1. The van der Waals surface area contributed by atoms with Crippen LogP contribution in [0.25, 0.3) is 0 Å². The highest BCUT2D eigenvalue weighted by Gasteiger charge is 2.24. The van der Waals surface area contributed by atoms with E-state index in [2.05, 4.69) is 18.7 Å². The van der Waals surface area contributed by atoms with Gasteiger partial charge >= 0.3 is 0 Å². The monoisotopic (exact) mass is 211 g/mol. The number of likely N-dealkylation sites (tertiary alicyclic amines) is 1. The van der Waals surface area contributed by atoms with Crippen molar-refractivity contribution >= 4 is 0 Å². The molecule has 2 heteroatoms. The van der Waals surface area contributed by atoms with Gasteiger partial charge in [0.25, 0.3) is 0 Å². The van der Waals surface area contributed by atoms with Gasteiger partial charge in [-0.25, -0.2) is 0 Å². The molecule has 0 N–H and O–H groups in total. The molecule has 1 aliphatic heterocycles. The number of hydrogen-bond acceptors (Lipinski definition) is 2. The van der Waals surface area contributed by atoms with Gasteiger partial charge in [-0.2, -0.15) is 0 Å². The Kier molecular flexibility index (Phi) is 4.04. The zero-order valence-electron chi connectivity index (χ0n) is 10.2. The molecule has 0 radical (unpaired) electrons. The van der Waals surface area contributed by atoms with Crippen LogP contribution < -0.4 is 0 Å². The maximum Gasteiger partial charge on any atom is 0.0577 e. The van der Waals surface area contributed by atoms with E-state index in [1.54, 1.807) is 0 Å². The standard InChI is InChI=1S/C13H25NO/c1-11(2)14-8-5-12(6-9-14)7-10-15-13-3-4-13/h11-13H,3-10H2,1-2H3. The summed E-state index contributed by atoms with van der Waals surface area (Å²) in [4.78, 5) is 2.60. The molecule has 0 unspecified atom stereocenters. The molecule has 0 aromatic heterocycles. The second kappa shape index (κ2) is 5.31. The number of ether oxygens (including phenoxy) is 1. The Hall–Kier alpha value is -0.0800. The predicted octanol–water partition coefficient (Wildman–Crippen LogP) is 2.68. The first-order valence-electron chi connectivity index (χ1n) is 6.61. The quantitative estimate of drug-likeness (QED) is 0.693. The van der Waals surface area contributed by atoms with Gasteiger partial charge in [-0.05, 0) is 65.0 Å². The summed E-state index contributed by atoms with van der Waals surface area (Å²) in [5.74, 6) is 0.929. The highest BCUT2D eigenvalue weighted by molar-refractivity contribution is 4.76. The minimum Gasteiger partial charge on any atom is -0.378 e. The fraction of sp³-hybridized carbons (Fsp3) is 1.00. The van der Waals surface area contributed by atoms with Crippen molar-refractivity contribution in [2.24, 2.45) is 5.92 Å². The summed E-state index contributed by atoms with van der Waals surface area (Å²) in [5, 5.41) is 0. The first kappa shape index (κ1) is 11.4. The summed E-state index contributed by atoms with van der Waals surface area (Å²) in [6.45, 7) is 8.21. The van der Waals surface area contributed by atoms with Gasteiger partial charge in [0.05, 0.1) is 6.10 Å². The van der Waals surface area contributed by atoms with Crippen molar-refractivity contribution in [3.8, 4) is 0 Å². The van der Waals surface area contributed by atoms with E-state index < -0.39 is 0 Å². The van der Waals surface area contributed by atoms with E-state index in [0.29, 0.717) is 6.10 Å². The van der Waals surface area contributed by atoms with Crippen molar-refractivity contribution in [2.75, 3.05) is 19.7 Å². The molecular weight excluding hydrogens is 186 g/mol. The lowest BCUT2D eigenvalue weighted by Crippen LogP contribution is -2.38. The minimum absolute atomic E-state index is 0.640. The molecule has 0 atom stereocenters. The van der Waals surface area contributed by atoms with Crippen LogP contribution in [0.15, 0.2) is 0 Å². The van der Waals surface area contributed by atoms with Crippen molar-refractivity contribution in [2.45, 2.75) is 58.1 Å². The number of hydrogen-bond donors (Lipinski definition) is 0. The maximum absolute atomic E-state index is 5.72. The Bertz CT molecular complexity index is 178. The molecule has 0 bridgehead atoms. The molecule has 2 rings (SSSR count). The zero-order chi connectivity index (χ0) is 10.7. The summed E-state index contributed by atoms with van der Waals surface area (Å²) in [5.41, 5.74) is 0. The lowest BCUT2D eigenvalue weighted by molar-refractivity contribution is 0.0849. The number of piperidine rings is 1. The van der Waals surface area contributed by atoms with Crippen LogP contribution in [-0.2, 0) is 4.74 Å². The average molecular weight is 211 g/mol. The molecule has 0 aromatic rings. The molecule has 1 heterocycles. The van der Waals surface area contributed by atoms with Crippen molar-refractivity contribution < 1.29 is 4.74 Å². The smallest absolute Gasteiger partial charge is 0.0577 e. The van der Waals surface area contributed by atoms with E-state index in [0.717, 1.165) is 18.6 Å². The Labute approximate surface area is 94.0 Å². The van der Waals surface area contributed by atoms with Gasteiger partial charge in [0.15, 0.2) is 0 Å². The Balaban J connectivity index is 1.56. The van der Waals surface area contributed by atoms with Crippen molar-refractivity contribution in [3.05, 3.63) is 0 Å². The summed E-state index contributed by atoms with van der Waals surface area (Å²) in [6.07, 6.45) is 7.32. The molecule has 0 spiro atoms. The summed E-state index contributed by atoms with van der Waals surface area (Å²) < 4.78 is 5.72. The second-order valence-electron chi connectivity index (χ2n) is 5.43. The highest BCUT2D eigenvalue weighted by Crippen LogP contribution is 2.26. The van der Waals surface area contributed by atoms with Crippen LogP contribution in [0.4, 0.5) is 0 Å². The normalized spacial score (nSPS) is 25.0. The lowest BCUT2D eigenvalue weighted by atomic mass is 9.93. The van der Waals surface area contributed by atoms with Gasteiger partial charge in [0, 0.05) is 12.6 Å². The molecule has 1 aliphatic carbocycles. The van der Waals surface area contributed by atoms with Crippen LogP contribution >= 0.6 is 0 Å². The molecule has 1 saturated heterocycles. The number of rotatable bonds is 5. The van der Waals surface area contributed by atoms with Gasteiger partial charge < -0.3 is 9.64 Å². The topological polar surface area (TPSA) is 12.5 Å². The summed E-state index contributed by atoms with van der Waals surface area (Å²) >= 11 is 0. The molecule has 0 aromatic carbocycles. The van der Waals surface area contributed by atoms with E-state index in [1.807, 2.05) is 0 Å². The van der Waals surface area contributed by atoms with Crippen molar-refractivity contribution in [1.29, 1.82) is 0 Å². The van der Waals surface area contributed by atoms with E-state index in [4.69, 9.17) is 4.74 Å². The van der Waals surface area contributed by atoms with Crippen LogP contribution in [0.2, 0.25) is 0 Å². The van der Waals surface area contributed by atoms with Crippen molar-refractivity contribution in [3.63, 3.8) is 0 Å². The van der Waals surface area contributed by atoms with Crippen LogP contribution in [-0.4, -0.2) is 36.7 Å². The highest BCUT2D eigenvalue weighted by atomic mass is 16.5. The molecule has 2 nitrogen and oxygen atoms in total. The third-order valence-corrected chi connectivity index (χ3v) is 3.78. The molecule has 15 heavy (non-hydrogen) atoms. The first-order chi connectivity index (χ1) is 7.25. The van der Waals surface area contributed by atoms with Crippen molar-refractivity contribution in [1.82, 2.24) is 4.90 Å². The second-order valence-corrected chi connectivity index (χ2v) is 5.43. The lowest BCUT2D eigenvalue weighted by Gasteiger charge is -2.34. The molecule has 88 valence electrons. The molecule has 0 amide bonds. The largest absolute Gasteiger partial charge is 0.378 e. The number of nitrogens with zero attached hydrogens (tertiary/aromatic N) is 1. The van der Waals surface area contributed by atoms with Crippen LogP contribution in [0.1, 0.15) is 46.0 Å². The van der Waals surface area contributed by atoms with E-state index in [1.165, 1.54) is 45.2 Å². The Morgan fingerprint density at radius 3 is 2.33 bits per heavy atom. The van der Waals surface area contributed by atoms with E-state index in [-0.39, 0.29) is 0 Å². The molecule has 2 aliphatic rings. The van der Waals surface area contributed by atoms with Gasteiger partial charge in [0.2, 0.25) is 0 Å². The third-order valence-electron chi connectivity index (χ3n) is 3.78. The fourth-order valence-electron chi connectivity index (χ4n) is 2.39. The third kappa shape index (κ3) is 3.76. The van der Waals surface area contributed by atoms with Gasteiger partial charge in [-0.3, -0.25) is 0 Å². The zero-order valence-corrected chi connectivity index (χ0v) is 10.2. The Morgan fingerprint density at radius 2 is 1.80 bits per heavy atom. The fourth-order valence-corrected chi connectivity index (χ4v) is 2.39. The van der Waals surface area contributed by atoms with Gasteiger partial charge in [0.1, 0.15) is 0 Å². The first-order valence-corrected chi connectivity index (χ1v) is 6.61. The van der Waals surface area contributed by atoms with E-state index in [9.17, 15) is 0 Å². The Morgan fingerprint density at radius 1 is 1.13 bits per heavy atom. The predicted molar refractivity (Wildman–Crippen MR) is 63.0 cm³/mol. The van der Waals surface area contributed by atoms with Crippen LogP contribution in [0, 0.1) is 5.92 Å². The molecular formula is C13H25NO. The average Bonchev–Trinajstić information content (AvgIpc) is 3.02. The minimum atomic E-state index is 0.640. The van der Waals surface area contributed by atoms with Crippen LogP contribution in [0.5, 0.6) is 0 Å². The molecule has 2 fully saturated rings.